The Kier molecular flexibility index (Phi) is 4.91. The lowest BCUT2D eigenvalue weighted by molar-refractivity contribution is -0.121. The molecule has 0 unspecified atom stereocenters. The van der Waals surface area contributed by atoms with Crippen molar-refractivity contribution >= 4 is 22.9 Å². The number of fused-ring (bicyclic) bond motifs is 1. The summed E-state index contributed by atoms with van der Waals surface area (Å²) in [6.45, 7) is 4.94. The molecule has 0 fully saturated rings. The van der Waals surface area contributed by atoms with Crippen LogP contribution in [0, 0.1) is 0 Å². The van der Waals surface area contributed by atoms with Crippen LogP contribution in [-0.2, 0) is 17.9 Å². The lowest BCUT2D eigenvalue weighted by Crippen LogP contribution is -2.28. The Labute approximate surface area is 141 Å². The van der Waals surface area contributed by atoms with Gasteiger partial charge in [-0.25, -0.2) is 4.98 Å². The molecule has 2 N–H and O–H groups in total. The van der Waals surface area contributed by atoms with E-state index >= 15 is 0 Å². The molecule has 5 nitrogen and oxygen atoms in total. The summed E-state index contributed by atoms with van der Waals surface area (Å²) in [4.78, 5) is 16.7. The number of nitrogens with zero attached hydrogens (tertiary/aromatic N) is 2. The van der Waals surface area contributed by atoms with Crippen LogP contribution < -0.4 is 10.6 Å². The molecule has 1 heterocycles. The van der Waals surface area contributed by atoms with Crippen LogP contribution in [0.1, 0.15) is 5.56 Å². The van der Waals surface area contributed by atoms with E-state index in [1.165, 1.54) is 0 Å². The second-order valence-electron chi connectivity index (χ2n) is 5.44. The first kappa shape index (κ1) is 15.8. The first-order valence-electron chi connectivity index (χ1n) is 7.88. The first-order chi connectivity index (χ1) is 11.8. The molecule has 0 saturated heterocycles. The number of nitrogens with one attached hydrogen (secondary N) is 2. The van der Waals surface area contributed by atoms with Crippen molar-refractivity contribution in [2.24, 2.45) is 0 Å². The SMILES string of the molecule is C=CCNC(=O)Cn1c(NCc2ccccc2)nc2ccccc21. The van der Waals surface area contributed by atoms with Gasteiger partial charge in [-0.2, -0.15) is 0 Å². The minimum Gasteiger partial charge on any atom is -0.352 e. The monoisotopic (exact) mass is 320 g/mol. The molecule has 0 spiro atoms. The van der Waals surface area contributed by atoms with Gasteiger partial charge in [0, 0.05) is 13.1 Å². The number of anilines is 1. The van der Waals surface area contributed by atoms with Gasteiger partial charge in [-0.05, 0) is 17.7 Å². The van der Waals surface area contributed by atoms with Gasteiger partial charge in [-0.1, -0.05) is 48.5 Å². The van der Waals surface area contributed by atoms with Gasteiger partial charge in [0.05, 0.1) is 11.0 Å². The number of amides is 1. The van der Waals surface area contributed by atoms with Crippen molar-refractivity contribution in [3.8, 4) is 0 Å². The number of carbonyl (C=O) groups excluding carboxylic acids is 1. The summed E-state index contributed by atoms with van der Waals surface area (Å²) in [6, 6.07) is 17.9. The molecular formula is C19H20N4O. The van der Waals surface area contributed by atoms with Crippen LogP contribution in [0.2, 0.25) is 0 Å². The molecule has 0 aliphatic heterocycles. The van der Waals surface area contributed by atoms with E-state index in [4.69, 9.17) is 0 Å². The minimum atomic E-state index is -0.0687. The summed E-state index contributed by atoms with van der Waals surface area (Å²) >= 11 is 0. The fraction of sp³-hybridized carbons (Fsp3) is 0.158. The number of rotatable bonds is 7. The van der Waals surface area contributed by atoms with E-state index < -0.39 is 0 Å². The molecule has 122 valence electrons. The van der Waals surface area contributed by atoms with Crippen molar-refractivity contribution in [1.82, 2.24) is 14.9 Å². The van der Waals surface area contributed by atoms with Crippen molar-refractivity contribution in [2.45, 2.75) is 13.1 Å². The summed E-state index contributed by atoms with van der Waals surface area (Å²) in [5, 5.41) is 6.14. The van der Waals surface area contributed by atoms with Gasteiger partial charge < -0.3 is 15.2 Å². The maximum absolute atomic E-state index is 12.1. The summed E-state index contributed by atoms with van der Waals surface area (Å²) in [7, 11) is 0. The fourth-order valence-corrected chi connectivity index (χ4v) is 2.53. The number of benzene rings is 2. The molecule has 5 heteroatoms. The Morgan fingerprint density at radius 3 is 2.67 bits per heavy atom. The summed E-state index contributed by atoms with van der Waals surface area (Å²) in [5.74, 6) is 0.620. The van der Waals surface area contributed by atoms with Crippen LogP contribution in [0.4, 0.5) is 5.95 Å². The number of hydrogen-bond donors (Lipinski definition) is 2. The van der Waals surface area contributed by atoms with Gasteiger partial charge in [-0.15, -0.1) is 6.58 Å². The molecule has 0 radical (unpaired) electrons. The third-order valence-electron chi connectivity index (χ3n) is 3.69. The van der Waals surface area contributed by atoms with Crippen LogP contribution in [0.5, 0.6) is 0 Å². The molecule has 24 heavy (non-hydrogen) atoms. The van der Waals surface area contributed by atoms with Crippen molar-refractivity contribution in [3.05, 3.63) is 72.8 Å². The Morgan fingerprint density at radius 2 is 1.88 bits per heavy atom. The van der Waals surface area contributed by atoms with E-state index in [0.717, 1.165) is 16.6 Å². The highest BCUT2D eigenvalue weighted by Crippen LogP contribution is 2.20. The normalized spacial score (nSPS) is 10.5. The Morgan fingerprint density at radius 1 is 1.12 bits per heavy atom. The molecule has 2 aromatic carbocycles. The summed E-state index contributed by atoms with van der Waals surface area (Å²) < 4.78 is 1.90. The highest BCUT2D eigenvalue weighted by Gasteiger charge is 2.13. The smallest absolute Gasteiger partial charge is 0.240 e. The molecule has 0 aliphatic rings. The molecule has 0 bridgehead atoms. The highest BCUT2D eigenvalue weighted by atomic mass is 16.1. The minimum absolute atomic E-state index is 0.0687. The maximum Gasteiger partial charge on any atom is 0.240 e. The average molecular weight is 320 g/mol. The average Bonchev–Trinajstić information content (AvgIpc) is 2.97. The molecule has 1 amide bonds. The van der Waals surface area contributed by atoms with Gasteiger partial charge in [0.25, 0.3) is 0 Å². The zero-order valence-corrected chi connectivity index (χ0v) is 13.4. The van der Waals surface area contributed by atoms with Crippen molar-refractivity contribution in [2.75, 3.05) is 11.9 Å². The summed E-state index contributed by atoms with van der Waals surface area (Å²) in [5.41, 5.74) is 2.96. The van der Waals surface area contributed by atoms with E-state index in [-0.39, 0.29) is 12.5 Å². The predicted octanol–water partition coefficient (Wildman–Crippen LogP) is 2.95. The molecule has 0 saturated carbocycles. The van der Waals surface area contributed by atoms with Crippen molar-refractivity contribution < 1.29 is 4.79 Å². The number of aromatic nitrogens is 2. The first-order valence-corrected chi connectivity index (χ1v) is 7.88. The molecule has 1 aromatic heterocycles. The van der Waals surface area contributed by atoms with Gasteiger partial charge >= 0.3 is 0 Å². The van der Waals surface area contributed by atoms with E-state index in [9.17, 15) is 4.79 Å². The predicted molar refractivity (Wildman–Crippen MR) is 96.7 cm³/mol. The van der Waals surface area contributed by atoms with E-state index in [1.807, 2.05) is 47.0 Å². The molecule has 3 aromatic rings. The zero-order chi connectivity index (χ0) is 16.8. The summed E-state index contributed by atoms with van der Waals surface area (Å²) in [6.07, 6.45) is 1.67. The van der Waals surface area contributed by atoms with Gasteiger partial charge in [-0.3, -0.25) is 4.79 Å². The quantitative estimate of drug-likeness (QED) is 0.658. The Bertz CT molecular complexity index is 839. The highest BCUT2D eigenvalue weighted by molar-refractivity contribution is 5.83. The van der Waals surface area contributed by atoms with Crippen LogP contribution in [0.3, 0.4) is 0 Å². The number of carbonyl (C=O) groups is 1. The van der Waals surface area contributed by atoms with Gasteiger partial charge in [0.1, 0.15) is 6.54 Å². The van der Waals surface area contributed by atoms with E-state index in [1.54, 1.807) is 6.08 Å². The third-order valence-corrected chi connectivity index (χ3v) is 3.69. The third kappa shape index (κ3) is 3.63. The van der Waals surface area contributed by atoms with Gasteiger partial charge in [0.15, 0.2) is 0 Å². The van der Waals surface area contributed by atoms with Crippen LogP contribution >= 0.6 is 0 Å². The zero-order valence-electron chi connectivity index (χ0n) is 13.4. The molecular weight excluding hydrogens is 300 g/mol. The van der Waals surface area contributed by atoms with E-state index in [0.29, 0.717) is 19.0 Å². The number of hydrogen-bond acceptors (Lipinski definition) is 3. The van der Waals surface area contributed by atoms with Crippen LogP contribution in [0.15, 0.2) is 67.3 Å². The second kappa shape index (κ2) is 7.46. The Balaban J connectivity index is 1.84. The van der Waals surface area contributed by atoms with E-state index in [2.05, 4.69) is 34.3 Å². The lowest BCUT2D eigenvalue weighted by Gasteiger charge is -2.11. The second-order valence-corrected chi connectivity index (χ2v) is 5.44. The van der Waals surface area contributed by atoms with Crippen molar-refractivity contribution in [1.29, 1.82) is 0 Å². The van der Waals surface area contributed by atoms with Gasteiger partial charge in [0.2, 0.25) is 11.9 Å². The number of imidazole rings is 1. The van der Waals surface area contributed by atoms with Crippen LogP contribution in [-0.4, -0.2) is 22.0 Å². The molecule has 0 atom stereocenters. The number of para-hydroxylation sites is 2. The topological polar surface area (TPSA) is 59.0 Å². The Hall–Kier alpha value is -3.08. The van der Waals surface area contributed by atoms with Crippen LogP contribution in [0.25, 0.3) is 11.0 Å². The maximum atomic E-state index is 12.1. The fourth-order valence-electron chi connectivity index (χ4n) is 2.53. The van der Waals surface area contributed by atoms with Crippen molar-refractivity contribution in [3.63, 3.8) is 0 Å². The standard InChI is InChI=1S/C19H20N4O/c1-2-12-20-18(24)14-23-17-11-7-6-10-16(17)22-19(23)21-13-15-8-4-3-5-9-15/h2-11H,1,12-14H2,(H,20,24)(H,21,22). The lowest BCUT2D eigenvalue weighted by atomic mass is 10.2. The molecule has 0 aliphatic carbocycles. The molecule has 3 rings (SSSR count). The largest absolute Gasteiger partial charge is 0.352 e.